The lowest BCUT2D eigenvalue weighted by Crippen LogP contribution is -2.15. The number of methoxy groups -OCH3 is 2. The first-order chi connectivity index (χ1) is 9.06. The Morgan fingerprint density at radius 2 is 2.00 bits per heavy atom. The molecule has 0 saturated carbocycles. The fraction of sp³-hybridized carbons (Fsp3) is 0.467. The van der Waals surface area contributed by atoms with Crippen molar-refractivity contribution in [2.24, 2.45) is 12.8 Å². The van der Waals surface area contributed by atoms with Crippen LogP contribution >= 0.6 is 0 Å². The molecule has 1 unspecified atom stereocenters. The summed E-state index contributed by atoms with van der Waals surface area (Å²) in [6.45, 7) is 2.03. The summed E-state index contributed by atoms with van der Waals surface area (Å²) >= 11 is 0. The molecule has 0 spiro atoms. The van der Waals surface area contributed by atoms with Gasteiger partial charge in [0.15, 0.2) is 0 Å². The Labute approximate surface area is 114 Å². The predicted molar refractivity (Wildman–Crippen MR) is 78.0 cm³/mol. The van der Waals surface area contributed by atoms with E-state index < -0.39 is 0 Å². The molecule has 0 fully saturated rings. The van der Waals surface area contributed by atoms with E-state index in [0.717, 1.165) is 35.2 Å². The minimum Gasteiger partial charge on any atom is -0.497 e. The average Bonchev–Trinajstić information content (AvgIpc) is 2.72. The van der Waals surface area contributed by atoms with Gasteiger partial charge in [0.2, 0.25) is 0 Å². The van der Waals surface area contributed by atoms with E-state index in [-0.39, 0.29) is 6.04 Å². The van der Waals surface area contributed by atoms with Crippen LogP contribution in [-0.4, -0.2) is 24.8 Å². The second-order valence-corrected chi connectivity index (χ2v) is 5.00. The maximum Gasteiger partial charge on any atom is 0.132 e. The summed E-state index contributed by atoms with van der Waals surface area (Å²) in [6, 6.07) is 4.17. The number of nitrogens with zero attached hydrogens (tertiary/aromatic N) is 1. The topological polar surface area (TPSA) is 49.4 Å². The quantitative estimate of drug-likeness (QED) is 0.900. The molecule has 1 aromatic heterocycles. The normalized spacial score (nSPS) is 12.7. The fourth-order valence-electron chi connectivity index (χ4n) is 2.40. The van der Waals surface area contributed by atoms with Crippen LogP contribution in [-0.2, 0) is 13.5 Å². The molecule has 0 amide bonds. The summed E-state index contributed by atoms with van der Waals surface area (Å²) in [6.07, 6.45) is 4.07. The molecule has 104 valence electrons. The van der Waals surface area contributed by atoms with E-state index in [9.17, 15) is 0 Å². The second kappa shape index (κ2) is 5.53. The first-order valence-corrected chi connectivity index (χ1v) is 6.52. The molecule has 2 rings (SSSR count). The molecule has 0 radical (unpaired) electrons. The van der Waals surface area contributed by atoms with Gasteiger partial charge in [0.1, 0.15) is 11.5 Å². The minimum absolute atomic E-state index is 0.208. The van der Waals surface area contributed by atoms with Crippen LogP contribution in [0.4, 0.5) is 0 Å². The van der Waals surface area contributed by atoms with E-state index in [4.69, 9.17) is 15.2 Å². The Morgan fingerprint density at radius 1 is 1.26 bits per heavy atom. The van der Waals surface area contributed by atoms with Crippen LogP contribution in [0.5, 0.6) is 11.5 Å². The lowest BCUT2D eigenvalue weighted by atomic mass is 10.0. The van der Waals surface area contributed by atoms with Crippen LogP contribution in [0.15, 0.2) is 18.3 Å². The summed E-state index contributed by atoms with van der Waals surface area (Å²) in [7, 11) is 5.40. The van der Waals surface area contributed by atoms with Gasteiger partial charge in [-0.25, -0.2) is 0 Å². The van der Waals surface area contributed by atoms with Crippen molar-refractivity contribution < 1.29 is 9.47 Å². The van der Waals surface area contributed by atoms with Crippen molar-refractivity contribution in [3.05, 3.63) is 23.9 Å². The van der Waals surface area contributed by atoms with Crippen LogP contribution in [0.3, 0.4) is 0 Å². The third-order valence-electron chi connectivity index (χ3n) is 3.43. The maximum absolute atomic E-state index is 5.85. The Morgan fingerprint density at radius 3 is 2.58 bits per heavy atom. The molecule has 0 aliphatic heterocycles. The average molecular weight is 262 g/mol. The minimum atomic E-state index is 0.208. The molecule has 19 heavy (non-hydrogen) atoms. The van der Waals surface area contributed by atoms with E-state index in [1.807, 2.05) is 26.1 Å². The second-order valence-electron chi connectivity index (χ2n) is 5.00. The van der Waals surface area contributed by atoms with E-state index in [1.165, 1.54) is 5.56 Å². The highest BCUT2D eigenvalue weighted by Gasteiger charge is 2.14. The van der Waals surface area contributed by atoms with Gasteiger partial charge in [-0.05, 0) is 25.3 Å². The van der Waals surface area contributed by atoms with E-state index in [2.05, 4.69) is 10.8 Å². The Bertz CT molecular complexity index is 573. The highest BCUT2D eigenvalue weighted by Crippen LogP contribution is 2.35. The van der Waals surface area contributed by atoms with Crippen molar-refractivity contribution in [2.45, 2.75) is 25.8 Å². The van der Waals surface area contributed by atoms with Crippen molar-refractivity contribution in [2.75, 3.05) is 14.2 Å². The van der Waals surface area contributed by atoms with E-state index >= 15 is 0 Å². The van der Waals surface area contributed by atoms with Crippen LogP contribution in [0, 0.1) is 0 Å². The van der Waals surface area contributed by atoms with Crippen molar-refractivity contribution in [1.29, 1.82) is 0 Å². The molecule has 1 aromatic carbocycles. The molecule has 0 saturated heterocycles. The van der Waals surface area contributed by atoms with E-state index in [1.54, 1.807) is 14.2 Å². The predicted octanol–water partition coefficient (Wildman–Crippen LogP) is 2.48. The molecule has 0 aliphatic rings. The summed E-state index contributed by atoms with van der Waals surface area (Å²) < 4.78 is 12.9. The summed E-state index contributed by atoms with van der Waals surface area (Å²) in [5.74, 6) is 1.67. The Balaban J connectivity index is 2.54. The fourth-order valence-corrected chi connectivity index (χ4v) is 2.40. The van der Waals surface area contributed by atoms with Gasteiger partial charge >= 0.3 is 0 Å². The van der Waals surface area contributed by atoms with Crippen LogP contribution in [0.1, 0.15) is 18.9 Å². The Hall–Kier alpha value is -1.68. The van der Waals surface area contributed by atoms with Gasteiger partial charge in [0.05, 0.1) is 19.7 Å². The monoisotopic (exact) mass is 262 g/mol. The van der Waals surface area contributed by atoms with Crippen LogP contribution < -0.4 is 15.2 Å². The summed E-state index contributed by atoms with van der Waals surface area (Å²) in [5.41, 5.74) is 8.24. The standard InChI is InChI=1S/C15H22N2O2/c1-10(16)5-6-11-9-17(2)13-7-12(18-3)8-14(19-4)15(11)13/h7-10H,5-6,16H2,1-4H3. The number of nitrogens with two attached hydrogens (primary N) is 1. The molecule has 0 bridgehead atoms. The molecular formula is C15H22N2O2. The molecule has 4 nitrogen and oxygen atoms in total. The van der Waals surface area contributed by atoms with Crippen molar-refractivity contribution >= 4 is 10.9 Å². The molecular weight excluding hydrogens is 240 g/mol. The van der Waals surface area contributed by atoms with Gasteiger partial charge in [-0.2, -0.15) is 0 Å². The van der Waals surface area contributed by atoms with Crippen molar-refractivity contribution in [3.8, 4) is 11.5 Å². The lowest BCUT2D eigenvalue weighted by Gasteiger charge is -2.09. The smallest absolute Gasteiger partial charge is 0.132 e. The number of aryl methyl sites for hydroxylation is 2. The number of hydrogen-bond donors (Lipinski definition) is 1. The van der Waals surface area contributed by atoms with Gasteiger partial charge in [-0.15, -0.1) is 0 Å². The number of aromatic nitrogens is 1. The first-order valence-electron chi connectivity index (χ1n) is 6.52. The highest BCUT2D eigenvalue weighted by atomic mass is 16.5. The zero-order chi connectivity index (χ0) is 14.0. The first kappa shape index (κ1) is 13.7. The van der Waals surface area contributed by atoms with Gasteiger partial charge in [-0.3, -0.25) is 0 Å². The third-order valence-corrected chi connectivity index (χ3v) is 3.43. The SMILES string of the molecule is COc1cc(OC)c2c(CCC(C)N)cn(C)c2c1. The number of rotatable bonds is 5. The zero-order valence-corrected chi connectivity index (χ0v) is 12.1. The molecule has 4 heteroatoms. The van der Waals surface area contributed by atoms with Crippen LogP contribution in [0.2, 0.25) is 0 Å². The molecule has 2 aromatic rings. The molecule has 0 aliphatic carbocycles. The molecule has 1 heterocycles. The van der Waals surface area contributed by atoms with E-state index in [0.29, 0.717) is 0 Å². The van der Waals surface area contributed by atoms with Gasteiger partial charge in [0.25, 0.3) is 0 Å². The number of hydrogen-bond acceptors (Lipinski definition) is 3. The summed E-state index contributed by atoms with van der Waals surface area (Å²) in [5, 5.41) is 1.16. The summed E-state index contributed by atoms with van der Waals surface area (Å²) in [4.78, 5) is 0. The van der Waals surface area contributed by atoms with Crippen molar-refractivity contribution in [3.63, 3.8) is 0 Å². The van der Waals surface area contributed by atoms with Crippen LogP contribution in [0.25, 0.3) is 10.9 Å². The molecule has 1 atom stereocenters. The number of ether oxygens (including phenoxy) is 2. The zero-order valence-electron chi connectivity index (χ0n) is 12.1. The number of benzene rings is 1. The van der Waals surface area contributed by atoms with Gasteiger partial charge < -0.3 is 19.8 Å². The maximum atomic E-state index is 5.85. The Kier molecular flexibility index (Phi) is 4.00. The molecule has 2 N–H and O–H groups in total. The highest BCUT2D eigenvalue weighted by molar-refractivity contribution is 5.91. The lowest BCUT2D eigenvalue weighted by molar-refractivity contribution is 0.397. The largest absolute Gasteiger partial charge is 0.497 e. The van der Waals surface area contributed by atoms with Gasteiger partial charge in [0, 0.05) is 36.8 Å². The van der Waals surface area contributed by atoms with Gasteiger partial charge in [-0.1, -0.05) is 0 Å². The van der Waals surface area contributed by atoms with Crippen molar-refractivity contribution in [1.82, 2.24) is 4.57 Å². The third kappa shape index (κ3) is 2.68. The number of fused-ring (bicyclic) bond motifs is 1.